The fourth-order valence-electron chi connectivity index (χ4n) is 3.41. The zero-order valence-electron chi connectivity index (χ0n) is 15.9. The van der Waals surface area contributed by atoms with Crippen LogP contribution >= 0.6 is 0 Å². The van der Waals surface area contributed by atoms with Crippen LogP contribution in [0.1, 0.15) is 46.8 Å². The van der Waals surface area contributed by atoms with E-state index in [0.29, 0.717) is 28.9 Å². The number of rotatable bonds is 5. The van der Waals surface area contributed by atoms with Gasteiger partial charge in [-0.05, 0) is 19.9 Å². The Morgan fingerprint density at radius 2 is 2.10 bits per heavy atom. The van der Waals surface area contributed by atoms with Gasteiger partial charge in [0.25, 0.3) is 6.43 Å². The third-order valence-electron chi connectivity index (χ3n) is 4.94. The van der Waals surface area contributed by atoms with Crippen molar-refractivity contribution in [1.82, 2.24) is 20.6 Å². The number of hydrazine groups is 1. The van der Waals surface area contributed by atoms with E-state index in [9.17, 15) is 13.6 Å². The van der Waals surface area contributed by atoms with Crippen molar-refractivity contribution in [3.05, 3.63) is 52.8 Å². The minimum absolute atomic E-state index is 0.000582. The number of ether oxygens (including phenoxy) is 1. The van der Waals surface area contributed by atoms with E-state index in [2.05, 4.69) is 25.9 Å². The third kappa shape index (κ3) is 3.63. The molecule has 2 aliphatic rings. The molecule has 8 nitrogen and oxygen atoms in total. The molecule has 10 heteroatoms. The monoisotopic (exact) mass is 402 g/mol. The molecule has 0 bridgehead atoms. The highest BCUT2D eigenvalue weighted by atomic mass is 19.3. The molecule has 0 saturated heterocycles. The number of esters is 1. The molecule has 0 saturated carbocycles. The number of alkyl halides is 2. The van der Waals surface area contributed by atoms with Gasteiger partial charge in [0, 0.05) is 29.8 Å². The van der Waals surface area contributed by atoms with Gasteiger partial charge < -0.3 is 4.74 Å². The van der Waals surface area contributed by atoms with Crippen LogP contribution in [0.25, 0.3) is 0 Å². The normalized spacial score (nSPS) is 20.9. The Hall–Kier alpha value is -3.14. The number of nitrogens with zero attached hydrogens (tertiary/aromatic N) is 4. The fraction of sp³-hybridized carbons (Fsp3) is 0.368. The number of guanidine groups is 1. The lowest BCUT2D eigenvalue weighted by molar-refractivity contribution is 0.0288. The predicted molar refractivity (Wildman–Crippen MR) is 102 cm³/mol. The first-order chi connectivity index (χ1) is 14.0. The molecule has 0 unspecified atom stereocenters. The van der Waals surface area contributed by atoms with Gasteiger partial charge in [0.05, 0.1) is 17.5 Å². The zero-order valence-corrected chi connectivity index (χ0v) is 15.9. The lowest BCUT2D eigenvalue weighted by Crippen LogP contribution is -2.42. The number of aliphatic imine (C=N–C) groups is 2. The van der Waals surface area contributed by atoms with E-state index in [-0.39, 0.29) is 12.4 Å². The van der Waals surface area contributed by atoms with Gasteiger partial charge in [0.1, 0.15) is 6.04 Å². The van der Waals surface area contributed by atoms with Crippen LogP contribution in [0.3, 0.4) is 0 Å². The van der Waals surface area contributed by atoms with Crippen LogP contribution in [-0.4, -0.2) is 39.9 Å². The first-order valence-corrected chi connectivity index (χ1v) is 9.25. The summed E-state index contributed by atoms with van der Waals surface area (Å²) in [5.74, 6) is -0.455. The topological polar surface area (TPSA) is 92.9 Å². The molecule has 0 fully saturated rings. The lowest BCUT2D eigenvalue weighted by Gasteiger charge is -2.21. The summed E-state index contributed by atoms with van der Waals surface area (Å²) in [5, 5.41) is 4.26. The summed E-state index contributed by atoms with van der Waals surface area (Å²) in [6.07, 6.45) is -1.76. The number of benzene rings is 1. The molecular formula is C19H20F2N6O2. The average Bonchev–Trinajstić information content (AvgIpc) is 3.26. The molecule has 0 aliphatic carbocycles. The van der Waals surface area contributed by atoms with E-state index in [1.807, 2.05) is 13.8 Å². The SMILES string of the molecule is CCn1ncc(C2=NC(NN[C@@H]3OC(=O)c4ccccc43)=N[C@H](C(F)F)C2)c1C. The van der Waals surface area contributed by atoms with E-state index in [1.165, 1.54) is 0 Å². The second kappa shape index (κ2) is 7.70. The van der Waals surface area contributed by atoms with E-state index < -0.39 is 24.7 Å². The number of carbonyl (C=O) groups is 1. The van der Waals surface area contributed by atoms with Crippen molar-refractivity contribution in [3.8, 4) is 0 Å². The second-order valence-electron chi connectivity index (χ2n) is 6.72. The molecule has 2 aliphatic heterocycles. The number of fused-ring (bicyclic) bond motifs is 1. The van der Waals surface area contributed by atoms with E-state index in [4.69, 9.17) is 4.74 Å². The molecule has 2 N–H and O–H groups in total. The molecule has 0 radical (unpaired) electrons. The molecule has 152 valence electrons. The standard InChI is InChI=1S/C19H20F2N6O2/c1-3-27-10(2)13(9-22-27)14-8-15(16(20)21)24-19(23-14)26-25-17-11-6-4-5-7-12(11)18(28)29-17/h4-7,9,15-17,25H,3,8H2,1-2H3,(H,24,26)/t15-,17+/m0/s1. The van der Waals surface area contributed by atoms with Crippen LogP contribution in [0.5, 0.6) is 0 Å². The number of hydrogen-bond acceptors (Lipinski definition) is 7. The van der Waals surface area contributed by atoms with Crippen molar-refractivity contribution in [2.75, 3.05) is 0 Å². The summed E-state index contributed by atoms with van der Waals surface area (Å²) in [7, 11) is 0. The van der Waals surface area contributed by atoms with Crippen molar-refractivity contribution in [3.63, 3.8) is 0 Å². The fourth-order valence-corrected chi connectivity index (χ4v) is 3.41. The van der Waals surface area contributed by atoms with Gasteiger partial charge in [0.2, 0.25) is 5.96 Å². The van der Waals surface area contributed by atoms with Crippen LogP contribution in [0.15, 0.2) is 40.4 Å². The maximum atomic E-state index is 13.4. The lowest BCUT2D eigenvalue weighted by atomic mass is 10.0. The molecule has 2 aromatic rings. The van der Waals surface area contributed by atoms with E-state index in [0.717, 1.165) is 5.69 Å². The van der Waals surface area contributed by atoms with Gasteiger partial charge in [-0.1, -0.05) is 18.2 Å². The van der Waals surface area contributed by atoms with E-state index in [1.54, 1.807) is 35.1 Å². The Bertz CT molecular complexity index is 1000. The summed E-state index contributed by atoms with van der Waals surface area (Å²) in [5.41, 5.74) is 8.68. The van der Waals surface area contributed by atoms with Gasteiger partial charge in [-0.15, -0.1) is 0 Å². The number of nitrogens with one attached hydrogen (secondary N) is 2. The molecule has 1 aromatic carbocycles. The highest BCUT2D eigenvalue weighted by Crippen LogP contribution is 2.28. The van der Waals surface area contributed by atoms with Gasteiger partial charge in [-0.25, -0.2) is 23.6 Å². The van der Waals surface area contributed by atoms with Gasteiger partial charge in [0.15, 0.2) is 6.23 Å². The van der Waals surface area contributed by atoms with Gasteiger partial charge in [-0.3, -0.25) is 10.1 Å². The largest absolute Gasteiger partial charge is 0.437 e. The zero-order chi connectivity index (χ0) is 20.5. The summed E-state index contributed by atoms with van der Waals surface area (Å²) in [6, 6.07) is 5.71. The number of halogens is 2. The summed E-state index contributed by atoms with van der Waals surface area (Å²) in [4.78, 5) is 20.3. The first kappa shape index (κ1) is 19.2. The Morgan fingerprint density at radius 1 is 1.31 bits per heavy atom. The average molecular weight is 402 g/mol. The van der Waals surface area contributed by atoms with Crippen molar-refractivity contribution >= 4 is 17.6 Å². The molecule has 1 aromatic heterocycles. The van der Waals surface area contributed by atoms with Crippen molar-refractivity contribution in [2.45, 2.75) is 45.5 Å². The van der Waals surface area contributed by atoms with E-state index >= 15 is 0 Å². The van der Waals surface area contributed by atoms with Crippen molar-refractivity contribution in [1.29, 1.82) is 0 Å². The molecule has 3 heterocycles. The number of cyclic esters (lactones) is 1. The highest BCUT2D eigenvalue weighted by molar-refractivity contribution is 6.09. The Kier molecular flexibility index (Phi) is 5.10. The smallest absolute Gasteiger partial charge is 0.340 e. The van der Waals surface area contributed by atoms with Crippen molar-refractivity contribution < 1.29 is 18.3 Å². The summed E-state index contributed by atoms with van der Waals surface area (Å²) in [6.45, 7) is 4.50. The highest BCUT2D eigenvalue weighted by Gasteiger charge is 2.32. The number of aryl methyl sites for hydroxylation is 1. The maximum absolute atomic E-state index is 13.4. The molecule has 0 spiro atoms. The third-order valence-corrected chi connectivity index (χ3v) is 4.94. The van der Waals surface area contributed by atoms with Crippen molar-refractivity contribution in [2.24, 2.45) is 9.98 Å². The maximum Gasteiger partial charge on any atom is 0.340 e. The summed E-state index contributed by atoms with van der Waals surface area (Å²) < 4.78 is 33.9. The molecule has 0 amide bonds. The minimum atomic E-state index is -2.64. The van der Waals surface area contributed by atoms with Crippen LogP contribution in [0.2, 0.25) is 0 Å². The Morgan fingerprint density at radius 3 is 2.83 bits per heavy atom. The minimum Gasteiger partial charge on any atom is -0.437 e. The summed E-state index contributed by atoms with van der Waals surface area (Å²) >= 11 is 0. The Balaban J connectivity index is 1.56. The molecular weight excluding hydrogens is 382 g/mol. The number of carbonyl (C=O) groups excluding carboxylic acids is 1. The van der Waals surface area contributed by atoms with Crippen LogP contribution < -0.4 is 10.9 Å². The first-order valence-electron chi connectivity index (χ1n) is 9.25. The molecule has 29 heavy (non-hydrogen) atoms. The Labute approximate surface area is 165 Å². The van der Waals surface area contributed by atoms with Gasteiger partial charge in [-0.2, -0.15) is 10.5 Å². The van der Waals surface area contributed by atoms with Crippen LogP contribution in [0, 0.1) is 6.92 Å². The number of hydrogen-bond donors (Lipinski definition) is 2. The molecule has 2 atom stereocenters. The van der Waals surface area contributed by atoms with Gasteiger partial charge >= 0.3 is 5.97 Å². The quantitative estimate of drug-likeness (QED) is 0.592. The van der Waals surface area contributed by atoms with Crippen LogP contribution in [-0.2, 0) is 11.3 Å². The second-order valence-corrected chi connectivity index (χ2v) is 6.72. The van der Waals surface area contributed by atoms with Crippen LogP contribution in [0.4, 0.5) is 8.78 Å². The predicted octanol–water partition coefficient (Wildman–Crippen LogP) is 2.36. The number of aromatic nitrogens is 2. The molecule has 4 rings (SSSR count).